The second-order valence-electron chi connectivity index (χ2n) is 6.47. The third kappa shape index (κ3) is 3.65. The van der Waals surface area contributed by atoms with Crippen LogP contribution >= 0.6 is 0 Å². The molecule has 0 saturated heterocycles. The second-order valence-corrected chi connectivity index (χ2v) is 6.47. The van der Waals surface area contributed by atoms with Gasteiger partial charge in [-0.1, -0.05) is 48.5 Å². The van der Waals surface area contributed by atoms with Crippen molar-refractivity contribution in [1.82, 2.24) is 4.90 Å². The number of carbonyl (C=O) groups is 1. The van der Waals surface area contributed by atoms with E-state index in [4.69, 9.17) is 0 Å². The molecule has 28 heavy (non-hydrogen) atoms. The number of fused-ring (bicyclic) bond motifs is 1. The number of benzene rings is 2. The quantitative estimate of drug-likeness (QED) is 0.671. The summed E-state index contributed by atoms with van der Waals surface area (Å²) in [5.41, 5.74) is -0.241. The minimum Gasteiger partial charge on any atom is -0.465 e. The molecular formula is C19H15F6NO2. The molecule has 150 valence electrons. The average Bonchev–Trinajstić information content (AvgIpc) is 2.59. The summed E-state index contributed by atoms with van der Waals surface area (Å²) in [6.45, 7) is -0.0337. The van der Waals surface area contributed by atoms with E-state index in [0.29, 0.717) is 17.5 Å². The molecule has 3 nitrogen and oxygen atoms in total. The minimum absolute atomic E-state index is 0.0337. The number of rotatable bonds is 2. The van der Waals surface area contributed by atoms with Crippen molar-refractivity contribution < 1.29 is 36.2 Å². The molecule has 9 heteroatoms. The van der Waals surface area contributed by atoms with Crippen LogP contribution < -0.4 is 0 Å². The molecule has 1 amide bonds. The van der Waals surface area contributed by atoms with Crippen LogP contribution in [0.5, 0.6) is 0 Å². The van der Waals surface area contributed by atoms with Gasteiger partial charge in [0.1, 0.15) is 0 Å². The molecular weight excluding hydrogens is 388 g/mol. The van der Waals surface area contributed by atoms with Crippen molar-refractivity contribution in [2.75, 3.05) is 6.54 Å². The van der Waals surface area contributed by atoms with Gasteiger partial charge >= 0.3 is 18.4 Å². The van der Waals surface area contributed by atoms with Crippen LogP contribution in [-0.4, -0.2) is 35.0 Å². The summed E-state index contributed by atoms with van der Waals surface area (Å²) in [7, 11) is 0. The largest absolute Gasteiger partial charge is 0.465 e. The fraction of sp³-hybridized carbons (Fsp3) is 0.316. The first kappa shape index (κ1) is 20.0. The van der Waals surface area contributed by atoms with E-state index in [-0.39, 0.29) is 12.1 Å². The first-order valence-corrected chi connectivity index (χ1v) is 8.31. The highest BCUT2D eigenvalue weighted by Gasteiger charge is 2.58. The van der Waals surface area contributed by atoms with E-state index in [1.807, 2.05) is 0 Å². The van der Waals surface area contributed by atoms with E-state index in [0.717, 1.165) is 23.1 Å². The van der Waals surface area contributed by atoms with Gasteiger partial charge in [0.25, 0.3) is 0 Å². The molecule has 1 aliphatic rings. The fourth-order valence-electron chi connectivity index (χ4n) is 3.67. The predicted molar refractivity (Wildman–Crippen MR) is 88.0 cm³/mol. The highest BCUT2D eigenvalue weighted by molar-refractivity contribution is 5.68. The van der Waals surface area contributed by atoms with Crippen molar-refractivity contribution in [3.8, 4) is 0 Å². The van der Waals surface area contributed by atoms with Gasteiger partial charge in [-0.3, -0.25) is 4.90 Å². The zero-order chi connectivity index (χ0) is 20.7. The van der Waals surface area contributed by atoms with Crippen LogP contribution in [-0.2, 0) is 6.42 Å². The molecule has 2 aromatic rings. The molecule has 1 heterocycles. The average molecular weight is 403 g/mol. The van der Waals surface area contributed by atoms with Gasteiger partial charge in [-0.25, -0.2) is 4.79 Å². The number of amides is 1. The third-order valence-electron chi connectivity index (χ3n) is 4.79. The first-order valence-electron chi connectivity index (χ1n) is 8.31. The Bertz CT molecular complexity index is 863. The van der Waals surface area contributed by atoms with E-state index in [9.17, 15) is 36.2 Å². The van der Waals surface area contributed by atoms with E-state index in [1.165, 1.54) is 12.1 Å². The van der Waals surface area contributed by atoms with Crippen LogP contribution in [0, 0.1) is 0 Å². The first-order chi connectivity index (χ1) is 13.0. The molecule has 1 aliphatic heterocycles. The van der Waals surface area contributed by atoms with E-state index in [2.05, 4.69) is 0 Å². The second kappa shape index (κ2) is 7.03. The maximum Gasteiger partial charge on any atom is 0.408 e. The number of nitrogens with zero attached hydrogens (tertiary/aromatic N) is 1. The minimum atomic E-state index is -5.57. The summed E-state index contributed by atoms with van der Waals surface area (Å²) in [5, 5.41) is 9.53. The van der Waals surface area contributed by atoms with E-state index in [1.54, 1.807) is 18.2 Å². The lowest BCUT2D eigenvalue weighted by molar-refractivity contribution is -0.253. The van der Waals surface area contributed by atoms with Gasteiger partial charge in [-0.2, -0.15) is 26.3 Å². The highest BCUT2D eigenvalue weighted by Crippen LogP contribution is 2.49. The van der Waals surface area contributed by atoms with Gasteiger partial charge in [0.2, 0.25) is 0 Å². The van der Waals surface area contributed by atoms with Gasteiger partial charge in [0.15, 0.2) is 5.92 Å². The van der Waals surface area contributed by atoms with Crippen molar-refractivity contribution >= 4 is 6.09 Å². The third-order valence-corrected chi connectivity index (χ3v) is 4.79. The molecule has 0 bridgehead atoms. The normalized spacial score (nSPS) is 17.5. The monoisotopic (exact) mass is 403 g/mol. The lowest BCUT2D eigenvalue weighted by Gasteiger charge is -2.38. The molecule has 0 aromatic heterocycles. The molecule has 0 saturated carbocycles. The van der Waals surface area contributed by atoms with Crippen molar-refractivity contribution in [2.24, 2.45) is 0 Å². The van der Waals surface area contributed by atoms with Crippen molar-refractivity contribution in [2.45, 2.75) is 30.7 Å². The summed E-state index contributed by atoms with van der Waals surface area (Å²) in [4.78, 5) is 12.6. The smallest absolute Gasteiger partial charge is 0.408 e. The van der Waals surface area contributed by atoms with Gasteiger partial charge in [-0.15, -0.1) is 0 Å². The molecule has 1 atom stereocenters. The lowest BCUT2D eigenvalue weighted by Crippen LogP contribution is -2.41. The van der Waals surface area contributed by atoms with Crippen LogP contribution in [0.3, 0.4) is 0 Å². The molecule has 0 radical (unpaired) electrons. The Balaban J connectivity index is 2.25. The summed E-state index contributed by atoms with van der Waals surface area (Å²) >= 11 is 0. The molecule has 3 rings (SSSR count). The predicted octanol–water partition coefficient (Wildman–Crippen LogP) is 5.52. The Labute approximate surface area is 156 Å². The molecule has 2 aromatic carbocycles. The zero-order valence-electron chi connectivity index (χ0n) is 14.3. The fourth-order valence-corrected chi connectivity index (χ4v) is 3.67. The Morgan fingerprint density at radius 2 is 1.46 bits per heavy atom. The van der Waals surface area contributed by atoms with Gasteiger partial charge in [0, 0.05) is 6.54 Å². The van der Waals surface area contributed by atoms with Gasteiger partial charge < -0.3 is 5.11 Å². The van der Waals surface area contributed by atoms with Crippen LogP contribution in [0.4, 0.5) is 31.1 Å². The highest BCUT2D eigenvalue weighted by atomic mass is 19.4. The van der Waals surface area contributed by atoms with Crippen LogP contribution in [0.15, 0.2) is 48.5 Å². The van der Waals surface area contributed by atoms with E-state index >= 15 is 0 Å². The Hall–Kier alpha value is -2.71. The molecule has 0 spiro atoms. The molecule has 0 aliphatic carbocycles. The lowest BCUT2D eigenvalue weighted by atomic mass is 9.83. The molecule has 0 fully saturated rings. The maximum atomic E-state index is 13.4. The molecule has 0 unspecified atom stereocenters. The summed E-state index contributed by atoms with van der Waals surface area (Å²) in [5.74, 6) is -3.71. The molecule has 1 N–H and O–H groups in total. The summed E-state index contributed by atoms with van der Waals surface area (Å²) in [6.07, 6.45) is -12.2. The Morgan fingerprint density at radius 1 is 0.929 bits per heavy atom. The van der Waals surface area contributed by atoms with Crippen molar-refractivity contribution in [3.63, 3.8) is 0 Å². The van der Waals surface area contributed by atoms with Gasteiger partial charge in [-0.05, 0) is 28.7 Å². The number of carboxylic acid groups (broad SMARTS) is 1. The Kier molecular flexibility index (Phi) is 5.03. The Morgan fingerprint density at radius 3 is 2.04 bits per heavy atom. The van der Waals surface area contributed by atoms with Crippen LogP contribution in [0.25, 0.3) is 0 Å². The number of hydrogen-bond acceptors (Lipinski definition) is 1. The van der Waals surface area contributed by atoms with Gasteiger partial charge in [0.05, 0.1) is 6.04 Å². The standard InChI is InChI=1S/C19H15F6NO2/c20-18(21,22)16(19(23,24)25)14-8-4-3-7-13(14)15-12-6-2-1-5-11(12)9-10-26(15)17(27)28/h1-8,15-16H,9-10H2,(H,27,28)/t15-/m1/s1. The van der Waals surface area contributed by atoms with E-state index < -0.39 is 36.0 Å². The maximum absolute atomic E-state index is 13.4. The van der Waals surface area contributed by atoms with Crippen LogP contribution in [0.2, 0.25) is 0 Å². The number of hydrogen-bond donors (Lipinski definition) is 1. The number of alkyl halides is 6. The zero-order valence-corrected chi connectivity index (χ0v) is 14.3. The summed E-state index contributed by atoms with van der Waals surface area (Å²) < 4.78 is 80.1. The summed E-state index contributed by atoms with van der Waals surface area (Å²) in [6, 6.07) is 9.50. The topological polar surface area (TPSA) is 40.5 Å². The number of halogens is 6. The SMILES string of the molecule is O=C(O)N1CCc2ccccc2[C@@H]1c1ccccc1C(C(F)(F)F)C(F)(F)F. The van der Waals surface area contributed by atoms with Crippen molar-refractivity contribution in [3.05, 3.63) is 70.8 Å². The van der Waals surface area contributed by atoms with Crippen LogP contribution in [0.1, 0.15) is 34.2 Å². The van der Waals surface area contributed by atoms with Crippen molar-refractivity contribution in [1.29, 1.82) is 0 Å².